The second kappa shape index (κ2) is 18.3. The Morgan fingerprint density at radius 1 is 0.280 bits per heavy atom. The van der Waals surface area contributed by atoms with Gasteiger partial charge in [-0.1, -0.05) is 27.7 Å². The summed E-state index contributed by atoms with van der Waals surface area (Å²) in [6.45, 7) is 18.9. The average molecular weight is 1190 g/mol. The molecule has 2 aromatic heterocycles. The Morgan fingerprint density at radius 3 is 1.04 bits per heavy atom. The number of fused-ring (bicyclic) bond motifs is 16. The molecule has 4 heterocycles. The molecule has 0 amide bonds. The second-order valence-electron chi connectivity index (χ2n) is 24.9. The minimum atomic E-state index is -0.259. The van der Waals surface area contributed by atoms with Crippen LogP contribution in [0.2, 0.25) is 0 Å². The van der Waals surface area contributed by atoms with Crippen LogP contribution < -0.4 is 9.80 Å². The number of hydrogen-bond acceptors (Lipinski definition) is 2. The van der Waals surface area contributed by atoms with E-state index in [4.69, 9.17) is 0 Å². The van der Waals surface area contributed by atoms with E-state index in [1.165, 1.54) is 161 Å². The molecule has 12 aromatic carbocycles. The van der Waals surface area contributed by atoms with Gasteiger partial charge in [0.05, 0.1) is 0 Å². The fraction of sp³-hybridized carbons (Fsp3) is 0.154. The van der Waals surface area contributed by atoms with Gasteiger partial charge in [-0.3, -0.25) is 0 Å². The van der Waals surface area contributed by atoms with Crippen molar-refractivity contribution in [2.45, 2.75) is 78.1 Å². The van der Waals surface area contributed by atoms with Gasteiger partial charge in [0.2, 0.25) is 0 Å². The first-order valence-corrected chi connectivity index (χ1v) is 32.6. The molecule has 0 radical (unpaired) electrons. The molecule has 0 fully saturated rings. The molecule has 396 valence electrons. The molecule has 0 spiro atoms. The molecule has 0 atom stereocenters. The summed E-state index contributed by atoms with van der Waals surface area (Å²) < 4.78 is 5.86. The third-order valence-corrected chi connectivity index (χ3v) is 23.5. The summed E-state index contributed by atoms with van der Waals surface area (Å²) in [5, 5.41) is 13.2. The van der Waals surface area contributed by atoms with Crippen LogP contribution in [0.3, 0.4) is 0 Å². The minimum absolute atomic E-state index is 0.227. The molecular weight excluding hydrogens is 1120 g/mol. The molecule has 0 saturated heterocycles. The first-order chi connectivity index (χ1) is 39.8. The van der Waals surface area contributed by atoms with Gasteiger partial charge < -0.3 is 0 Å². The predicted molar refractivity (Wildman–Crippen MR) is 356 cm³/mol. The zero-order valence-corrected chi connectivity index (χ0v) is 51.1. The summed E-state index contributed by atoms with van der Waals surface area (Å²) in [4.78, 5) is 5.19. The van der Waals surface area contributed by atoms with Crippen molar-refractivity contribution in [1.29, 1.82) is 0 Å². The SMILES string of the molecule is CC(C)c1ccc(-c2ccc3c(c2)C(C)(C)c2cc4c(cc2N3c2ccc3c5ccc(N6c7ccc(-c8ccc(C(C)C)cc8)cc7C(C)(C)c7cc8c(cc76)[se]c6ccccc68)cc5c5ccccc5c3c2)[se]c2ccccc24)cc1. The van der Waals surface area contributed by atoms with Crippen LogP contribution in [0.4, 0.5) is 34.1 Å². The van der Waals surface area contributed by atoms with E-state index >= 15 is 0 Å². The monoisotopic (exact) mass is 1190 g/mol. The standard InChI is InChI=1S/C78H62N2Se2/c1-45(2)47-21-25-49(26-22-47)51-29-35-69-65(37-51)77(5,6)67-41-63-59-17-11-13-19-73(59)81-75(63)43-71(67)79(69)53-31-33-57-58-34-32-54(40-62(58)56-16-10-9-15-55(56)61(57)39-53)80-70-36-30-52(50-27-23-48(24-28-50)46(3)4)38-66(70)78(7,8)68-42-64-60-18-12-14-20-74(60)82-76(64)44-72(68)80/h9-46H,1-8H3. The number of anilines is 6. The van der Waals surface area contributed by atoms with E-state index in [2.05, 4.69) is 284 Å². The summed E-state index contributed by atoms with van der Waals surface area (Å²) in [5.74, 6) is 0.977. The van der Waals surface area contributed by atoms with Crippen molar-refractivity contribution >= 4 is 134 Å². The van der Waals surface area contributed by atoms with Crippen LogP contribution in [0.5, 0.6) is 0 Å². The van der Waals surface area contributed by atoms with Crippen molar-refractivity contribution in [3.05, 3.63) is 252 Å². The molecule has 0 bridgehead atoms. The maximum atomic E-state index is 2.60. The van der Waals surface area contributed by atoms with Crippen molar-refractivity contribution in [3.63, 3.8) is 0 Å². The molecule has 16 rings (SSSR count). The van der Waals surface area contributed by atoms with E-state index in [1.54, 1.807) is 0 Å². The van der Waals surface area contributed by atoms with Crippen molar-refractivity contribution in [3.8, 4) is 22.3 Å². The van der Waals surface area contributed by atoms with Crippen LogP contribution in [-0.4, -0.2) is 29.0 Å². The Morgan fingerprint density at radius 2 is 0.634 bits per heavy atom. The molecule has 0 unspecified atom stereocenters. The van der Waals surface area contributed by atoms with Gasteiger partial charge in [-0.2, -0.15) is 0 Å². The Labute approximate surface area is 492 Å². The molecule has 0 aliphatic carbocycles. The van der Waals surface area contributed by atoms with E-state index in [-0.39, 0.29) is 39.8 Å². The first kappa shape index (κ1) is 49.8. The van der Waals surface area contributed by atoms with E-state index in [0.29, 0.717) is 11.8 Å². The molecule has 14 aromatic rings. The maximum absolute atomic E-state index is 2.60. The van der Waals surface area contributed by atoms with E-state index in [9.17, 15) is 0 Å². The Kier molecular flexibility index (Phi) is 11.1. The molecule has 4 heteroatoms. The Bertz CT molecular complexity index is 4650. The number of benzene rings is 12. The van der Waals surface area contributed by atoms with Crippen molar-refractivity contribution in [2.24, 2.45) is 0 Å². The van der Waals surface area contributed by atoms with E-state index in [0.717, 1.165) is 0 Å². The predicted octanol–water partition coefficient (Wildman–Crippen LogP) is 21.7. The summed E-state index contributed by atoms with van der Waals surface area (Å²) in [6, 6.07) is 85.1. The van der Waals surface area contributed by atoms with Crippen molar-refractivity contribution < 1.29 is 0 Å². The Balaban J connectivity index is 0.884. The fourth-order valence-corrected chi connectivity index (χ4v) is 18.9. The molecule has 0 saturated carbocycles. The number of nitrogens with zero attached hydrogens (tertiary/aromatic N) is 2. The van der Waals surface area contributed by atoms with Crippen molar-refractivity contribution in [2.75, 3.05) is 9.80 Å². The zero-order valence-electron chi connectivity index (χ0n) is 47.7. The van der Waals surface area contributed by atoms with Gasteiger partial charge in [-0.25, -0.2) is 0 Å². The molecule has 0 N–H and O–H groups in total. The molecule has 2 aliphatic heterocycles. The van der Waals surface area contributed by atoms with Gasteiger partial charge in [0, 0.05) is 0 Å². The second-order valence-corrected chi connectivity index (χ2v) is 29.4. The summed E-state index contributed by atoms with van der Waals surface area (Å²) in [6.07, 6.45) is 0. The average Bonchev–Trinajstić information content (AvgIpc) is 1.55. The number of hydrogen-bond donors (Lipinski definition) is 0. The van der Waals surface area contributed by atoms with Crippen LogP contribution in [0.25, 0.3) is 93.2 Å². The van der Waals surface area contributed by atoms with Gasteiger partial charge in [0.15, 0.2) is 0 Å². The van der Waals surface area contributed by atoms with Crippen LogP contribution in [-0.2, 0) is 10.8 Å². The van der Waals surface area contributed by atoms with Gasteiger partial charge in [-0.05, 0) is 11.8 Å². The summed E-state index contributed by atoms with van der Waals surface area (Å²) >= 11 is 0.454. The van der Waals surface area contributed by atoms with Crippen LogP contribution in [0, 0.1) is 0 Å². The zero-order chi connectivity index (χ0) is 55.5. The third-order valence-electron chi connectivity index (χ3n) is 18.8. The topological polar surface area (TPSA) is 6.48 Å². The quantitative estimate of drug-likeness (QED) is 0.121. The van der Waals surface area contributed by atoms with Crippen LogP contribution in [0.1, 0.15) is 101 Å². The van der Waals surface area contributed by atoms with Gasteiger partial charge >= 0.3 is 456 Å². The van der Waals surface area contributed by atoms with E-state index < -0.39 is 0 Å². The van der Waals surface area contributed by atoms with Gasteiger partial charge in [-0.15, -0.1) is 0 Å². The molecular formula is C78H62N2Se2. The summed E-state index contributed by atoms with van der Waals surface area (Å²) in [5.41, 5.74) is 20.1. The van der Waals surface area contributed by atoms with Crippen molar-refractivity contribution in [1.82, 2.24) is 0 Å². The molecule has 2 aliphatic rings. The molecule has 82 heavy (non-hydrogen) atoms. The van der Waals surface area contributed by atoms with Crippen LogP contribution >= 0.6 is 0 Å². The Hall–Kier alpha value is -7.94. The first-order valence-electron chi connectivity index (χ1n) is 29.2. The van der Waals surface area contributed by atoms with Gasteiger partial charge in [0.25, 0.3) is 0 Å². The van der Waals surface area contributed by atoms with Crippen LogP contribution in [0.15, 0.2) is 218 Å². The summed E-state index contributed by atoms with van der Waals surface area (Å²) in [7, 11) is 0. The fourth-order valence-electron chi connectivity index (χ4n) is 14.2. The molecule has 2 nitrogen and oxygen atoms in total. The third kappa shape index (κ3) is 7.45. The van der Waals surface area contributed by atoms with E-state index in [1.807, 2.05) is 0 Å². The number of rotatable bonds is 6. The normalized spacial score (nSPS) is 14.5. The van der Waals surface area contributed by atoms with Gasteiger partial charge in [0.1, 0.15) is 0 Å².